The van der Waals surface area contributed by atoms with Crippen LogP contribution >= 0.6 is 0 Å². The summed E-state index contributed by atoms with van der Waals surface area (Å²) < 4.78 is 0. The first kappa shape index (κ1) is 29.6. The Morgan fingerprint density at radius 2 is 0.681 bits per heavy atom. The van der Waals surface area contributed by atoms with Crippen molar-refractivity contribution in [2.75, 3.05) is 9.80 Å². The van der Waals surface area contributed by atoms with Gasteiger partial charge in [0.05, 0.1) is 0 Å². The molecule has 0 N–H and O–H groups in total. The summed E-state index contributed by atoms with van der Waals surface area (Å²) in [6, 6.07) is 66.5. The molecule has 0 radical (unpaired) electrons. The van der Waals surface area contributed by atoms with Gasteiger partial charge in [0.25, 0.3) is 0 Å². The molecule has 0 saturated heterocycles. The van der Waals surface area contributed by atoms with Crippen LogP contribution in [0.4, 0.5) is 34.1 Å². The van der Waals surface area contributed by atoms with Crippen molar-refractivity contribution in [3.05, 3.63) is 205 Å². The summed E-state index contributed by atoms with van der Waals surface area (Å²) in [5.74, 6) is 0. The van der Waals surface area contributed by atoms with Gasteiger partial charge in [0, 0.05) is 34.1 Å². The maximum atomic E-state index is 2.32. The van der Waals surface area contributed by atoms with Crippen molar-refractivity contribution >= 4 is 46.3 Å². The number of anilines is 6. The first-order valence-electron chi connectivity index (χ1n) is 16.0. The summed E-state index contributed by atoms with van der Waals surface area (Å²) >= 11 is 0. The van der Waals surface area contributed by atoms with E-state index < -0.39 is 0 Å². The molecule has 0 aliphatic carbocycles. The van der Waals surface area contributed by atoms with E-state index in [1.165, 1.54) is 16.7 Å². The molecule has 7 rings (SSSR count). The molecule has 0 bridgehead atoms. The van der Waals surface area contributed by atoms with Gasteiger partial charge < -0.3 is 9.80 Å². The highest BCUT2D eigenvalue weighted by molar-refractivity contribution is 5.81. The highest BCUT2D eigenvalue weighted by Gasteiger charge is 2.14. The molecule has 47 heavy (non-hydrogen) atoms. The number of hydrogen-bond donors (Lipinski definition) is 0. The largest absolute Gasteiger partial charge is 0.311 e. The van der Waals surface area contributed by atoms with Crippen LogP contribution in [0.1, 0.15) is 16.7 Å². The van der Waals surface area contributed by atoms with Crippen LogP contribution in [0.5, 0.6) is 0 Å². The van der Waals surface area contributed by atoms with Gasteiger partial charge in [-0.15, -0.1) is 0 Å². The van der Waals surface area contributed by atoms with Crippen LogP contribution in [0.15, 0.2) is 188 Å². The predicted molar refractivity (Wildman–Crippen MR) is 201 cm³/mol. The highest BCUT2D eigenvalue weighted by atomic mass is 15.1. The molecule has 226 valence electrons. The summed E-state index contributed by atoms with van der Waals surface area (Å²) in [4.78, 5) is 4.60. The molecule has 0 unspecified atom stereocenters. The Morgan fingerprint density at radius 1 is 0.319 bits per heavy atom. The van der Waals surface area contributed by atoms with Crippen molar-refractivity contribution < 1.29 is 0 Å². The average Bonchev–Trinajstić information content (AvgIpc) is 3.14. The van der Waals surface area contributed by atoms with E-state index in [9.17, 15) is 0 Å². The average molecular weight is 605 g/mol. The second-order valence-electron chi connectivity index (χ2n) is 11.6. The molecule has 0 heterocycles. The van der Waals surface area contributed by atoms with Gasteiger partial charge in [-0.05, 0) is 108 Å². The minimum atomic E-state index is 1.12. The minimum Gasteiger partial charge on any atom is -0.311 e. The number of para-hydroxylation sites is 2. The van der Waals surface area contributed by atoms with E-state index in [1.807, 2.05) is 0 Å². The fourth-order valence-corrected chi connectivity index (χ4v) is 5.91. The van der Waals surface area contributed by atoms with Gasteiger partial charge in [0.2, 0.25) is 0 Å². The molecule has 2 nitrogen and oxygen atoms in total. The zero-order valence-electron chi connectivity index (χ0n) is 26.4. The molecule has 0 aliphatic heterocycles. The Balaban J connectivity index is 1.12. The third kappa shape index (κ3) is 6.93. The van der Waals surface area contributed by atoms with Crippen molar-refractivity contribution in [2.45, 2.75) is 6.92 Å². The number of nitrogens with zero attached hydrogens (tertiary/aromatic N) is 2. The van der Waals surface area contributed by atoms with E-state index in [0.717, 1.165) is 45.3 Å². The summed E-state index contributed by atoms with van der Waals surface area (Å²) in [5.41, 5.74) is 12.7. The number of aryl methyl sites for hydroxylation is 1. The fourth-order valence-electron chi connectivity index (χ4n) is 5.91. The fraction of sp³-hybridized carbons (Fsp3) is 0.0222. The molecule has 0 fully saturated rings. The first-order chi connectivity index (χ1) is 23.2. The summed E-state index contributed by atoms with van der Waals surface area (Å²) in [6.07, 6.45) is 4.35. The molecular formula is C45H36N2. The van der Waals surface area contributed by atoms with Gasteiger partial charge in [-0.2, -0.15) is 0 Å². The van der Waals surface area contributed by atoms with E-state index in [-0.39, 0.29) is 0 Å². The van der Waals surface area contributed by atoms with Crippen LogP contribution in [0.3, 0.4) is 0 Å². The zero-order chi connectivity index (χ0) is 31.8. The van der Waals surface area contributed by atoms with Crippen LogP contribution in [-0.2, 0) is 0 Å². The van der Waals surface area contributed by atoms with Crippen molar-refractivity contribution in [3.8, 4) is 11.1 Å². The lowest BCUT2D eigenvalue weighted by molar-refractivity contribution is 1.27. The van der Waals surface area contributed by atoms with Crippen molar-refractivity contribution in [1.29, 1.82) is 0 Å². The predicted octanol–water partition coefficient (Wildman–Crippen LogP) is 12.8. The summed E-state index contributed by atoms with van der Waals surface area (Å²) in [7, 11) is 0. The Kier molecular flexibility index (Phi) is 8.74. The Bertz CT molecular complexity index is 2010. The van der Waals surface area contributed by atoms with E-state index >= 15 is 0 Å². The van der Waals surface area contributed by atoms with Crippen molar-refractivity contribution in [2.24, 2.45) is 0 Å². The van der Waals surface area contributed by atoms with Gasteiger partial charge in [-0.1, -0.05) is 127 Å². The second-order valence-corrected chi connectivity index (χ2v) is 11.6. The Hall–Kier alpha value is -6.12. The van der Waals surface area contributed by atoms with E-state index in [0.29, 0.717) is 0 Å². The molecule has 7 aromatic carbocycles. The molecule has 0 saturated carbocycles. The Morgan fingerprint density at radius 3 is 1.15 bits per heavy atom. The van der Waals surface area contributed by atoms with Gasteiger partial charge >= 0.3 is 0 Å². The minimum absolute atomic E-state index is 1.12. The summed E-state index contributed by atoms with van der Waals surface area (Å²) in [6.45, 7) is 2.14. The maximum absolute atomic E-state index is 2.32. The maximum Gasteiger partial charge on any atom is 0.0464 e. The molecule has 0 aliphatic rings. The molecule has 0 amide bonds. The van der Waals surface area contributed by atoms with E-state index in [4.69, 9.17) is 0 Å². The molecule has 0 aromatic heterocycles. The molecular weight excluding hydrogens is 569 g/mol. The molecule has 0 spiro atoms. The lowest BCUT2D eigenvalue weighted by atomic mass is 10.0. The number of rotatable bonds is 9. The Labute approximate surface area is 278 Å². The summed E-state index contributed by atoms with van der Waals surface area (Å²) in [5, 5.41) is 0. The normalized spacial score (nSPS) is 11.0. The third-order valence-corrected chi connectivity index (χ3v) is 8.29. The zero-order valence-corrected chi connectivity index (χ0v) is 26.4. The number of benzene rings is 7. The monoisotopic (exact) mass is 604 g/mol. The van der Waals surface area contributed by atoms with Gasteiger partial charge in [-0.3, -0.25) is 0 Å². The van der Waals surface area contributed by atoms with Crippen LogP contribution in [0, 0.1) is 6.92 Å². The SMILES string of the molecule is Cc1cccc(N(c2ccc(C=Cc3ccc(N(c4ccccc4)c4ccccc4)cc3)cc2)c2ccc(-c3ccccc3)cc2)c1. The molecule has 2 heteroatoms. The van der Waals surface area contributed by atoms with Crippen LogP contribution in [0.2, 0.25) is 0 Å². The first-order valence-corrected chi connectivity index (χ1v) is 16.0. The third-order valence-electron chi connectivity index (χ3n) is 8.29. The molecule has 0 atom stereocenters. The van der Waals surface area contributed by atoms with Gasteiger partial charge in [-0.25, -0.2) is 0 Å². The lowest BCUT2D eigenvalue weighted by Crippen LogP contribution is -2.10. The standard InChI is InChI=1S/C45H36N2/c1-35-12-11-19-45(34-35)47(44-32-26-39(27-33-44)38-13-5-2-6-14-38)43-30-24-37(25-31-43)21-20-36-22-28-42(29-23-36)46(40-15-7-3-8-16-40)41-17-9-4-10-18-41/h2-34H,1H3. The van der Waals surface area contributed by atoms with Gasteiger partial charge in [0.1, 0.15) is 0 Å². The van der Waals surface area contributed by atoms with Crippen LogP contribution in [0.25, 0.3) is 23.3 Å². The van der Waals surface area contributed by atoms with E-state index in [2.05, 4.69) is 217 Å². The lowest BCUT2D eigenvalue weighted by Gasteiger charge is -2.26. The second kappa shape index (κ2) is 13.9. The topological polar surface area (TPSA) is 6.48 Å². The molecule has 7 aromatic rings. The van der Waals surface area contributed by atoms with Crippen molar-refractivity contribution in [1.82, 2.24) is 0 Å². The van der Waals surface area contributed by atoms with Gasteiger partial charge in [0.15, 0.2) is 0 Å². The van der Waals surface area contributed by atoms with E-state index in [1.54, 1.807) is 0 Å². The van der Waals surface area contributed by atoms with Crippen LogP contribution in [-0.4, -0.2) is 0 Å². The van der Waals surface area contributed by atoms with Crippen LogP contribution < -0.4 is 9.80 Å². The van der Waals surface area contributed by atoms with Crippen molar-refractivity contribution in [3.63, 3.8) is 0 Å². The highest BCUT2D eigenvalue weighted by Crippen LogP contribution is 2.37. The number of hydrogen-bond acceptors (Lipinski definition) is 2. The smallest absolute Gasteiger partial charge is 0.0464 e. The quantitative estimate of drug-likeness (QED) is 0.151.